The molecule has 0 bridgehead atoms. The van der Waals surface area contributed by atoms with Crippen LogP contribution >= 0.6 is 0 Å². The molecule has 0 unspecified atom stereocenters. The van der Waals surface area contributed by atoms with Gasteiger partial charge in [0.25, 0.3) is 0 Å². The van der Waals surface area contributed by atoms with Gasteiger partial charge in [-0.05, 0) is 42.8 Å². The van der Waals surface area contributed by atoms with E-state index in [1.807, 2.05) is 37.3 Å². The van der Waals surface area contributed by atoms with Crippen molar-refractivity contribution in [2.45, 2.75) is 19.3 Å². The first kappa shape index (κ1) is 21.0. The van der Waals surface area contributed by atoms with Gasteiger partial charge < -0.3 is 4.74 Å². The minimum atomic E-state index is -0.788. The maximum absolute atomic E-state index is 13.5. The lowest BCUT2D eigenvalue weighted by Gasteiger charge is -2.23. The number of aromatic nitrogens is 2. The Morgan fingerprint density at radius 2 is 1.87 bits per heavy atom. The number of hydrogen-bond acceptors (Lipinski definition) is 5. The zero-order valence-corrected chi connectivity index (χ0v) is 16.9. The number of methoxy groups -OCH3 is 1. The van der Waals surface area contributed by atoms with Crippen LogP contribution in [0.1, 0.15) is 35.4 Å². The molecule has 2 atom stereocenters. The van der Waals surface area contributed by atoms with Crippen LogP contribution in [0.15, 0.2) is 79.3 Å². The molecule has 0 radical (unpaired) electrons. The van der Waals surface area contributed by atoms with E-state index in [1.54, 1.807) is 48.3 Å². The van der Waals surface area contributed by atoms with Gasteiger partial charge in [0.15, 0.2) is 5.82 Å². The molecule has 7 nitrogen and oxygen atoms in total. The molecule has 1 aromatic heterocycles. The van der Waals surface area contributed by atoms with Crippen molar-refractivity contribution < 1.29 is 14.5 Å². The fourth-order valence-electron chi connectivity index (χ4n) is 3.60. The summed E-state index contributed by atoms with van der Waals surface area (Å²) < 4.78 is 6.88. The second-order valence-electron chi connectivity index (χ2n) is 6.83. The highest BCUT2D eigenvalue weighted by molar-refractivity contribution is 5.96. The van der Waals surface area contributed by atoms with Crippen LogP contribution in [0.3, 0.4) is 0 Å². The molecule has 2 aromatic carbocycles. The Labute approximate surface area is 174 Å². The maximum Gasteiger partial charge on any atom is 0.247 e. The molecule has 0 aliphatic heterocycles. The molecule has 0 aliphatic carbocycles. The monoisotopic (exact) mass is 405 g/mol. The molecule has 0 spiro atoms. The van der Waals surface area contributed by atoms with Crippen molar-refractivity contribution in [1.29, 1.82) is 0 Å². The van der Waals surface area contributed by atoms with Gasteiger partial charge in [0, 0.05) is 24.0 Å². The number of nitro groups is 1. The second-order valence-corrected chi connectivity index (χ2v) is 6.83. The Morgan fingerprint density at radius 1 is 1.20 bits per heavy atom. The molecule has 0 amide bonds. The number of rotatable bonds is 9. The smallest absolute Gasteiger partial charge is 0.247 e. The van der Waals surface area contributed by atoms with Crippen molar-refractivity contribution in [3.63, 3.8) is 0 Å². The van der Waals surface area contributed by atoms with E-state index in [1.165, 1.54) is 0 Å². The van der Waals surface area contributed by atoms with Gasteiger partial charge in [0.05, 0.1) is 18.0 Å². The minimum absolute atomic E-state index is 0.224. The van der Waals surface area contributed by atoms with Crippen molar-refractivity contribution in [1.82, 2.24) is 9.55 Å². The highest BCUT2D eigenvalue weighted by Gasteiger charge is 2.38. The average Bonchev–Trinajstić information content (AvgIpc) is 3.27. The van der Waals surface area contributed by atoms with Crippen LogP contribution in [-0.2, 0) is 0 Å². The van der Waals surface area contributed by atoms with Gasteiger partial charge in [-0.2, -0.15) is 0 Å². The molecular weight excluding hydrogens is 382 g/mol. The Morgan fingerprint density at radius 3 is 2.43 bits per heavy atom. The van der Waals surface area contributed by atoms with Crippen molar-refractivity contribution in [2.75, 3.05) is 7.11 Å². The van der Waals surface area contributed by atoms with E-state index in [4.69, 9.17) is 4.74 Å². The van der Waals surface area contributed by atoms with E-state index >= 15 is 0 Å². The SMILES string of the molecule is C=C([C@@H](c1ccc(OC)cc1)[C@H](CC)C(=O)c1nccn1-c1ccccc1)[N+](=O)[O-]. The average molecular weight is 405 g/mol. The minimum Gasteiger partial charge on any atom is -0.497 e. The van der Waals surface area contributed by atoms with Gasteiger partial charge in [-0.1, -0.05) is 37.3 Å². The summed E-state index contributed by atoms with van der Waals surface area (Å²) in [5.41, 5.74) is 1.20. The molecule has 0 fully saturated rings. The van der Waals surface area contributed by atoms with Crippen molar-refractivity contribution in [3.05, 3.63) is 101 Å². The lowest BCUT2D eigenvalue weighted by Crippen LogP contribution is -2.27. The molecule has 0 aliphatic rings. The maximum atomic E-state index is 13.5. The molecule has 30 heavy (non-hydrogen) atoms. The molecular formula is C23H23N3O4. The Hall–Kier alpha value is -3.74. The molecule has 154 valence electrons. The summed E-state index contributed by atoms with van der Waals surface area (Å²) in [5, 5.41) is 11.6. The van der Waals surface area contributed by atoms with E-state index in [9.17, 15) is 14.9 Å². The van der Waals surface area contributed by atoms with Crippen molar-refractivity contribution in [2.24, 2.45) is 5.92 Å². The third-order valence-electron chi connectivity index (χ3n) is 5.14. The second kappa shape index (κ2) is 9.17. The number of carbonyl (C=O) groups excluding carboxylic acids is 1. The third kappa shape index (κ3) is 4.15. The Kier molecular flexibility index (Phi) is 6.41. The van der Waals surface area contributed by atoms with Gasteiger partial charge >= 0.3 is 0 Å². The molecule has 3 aromatic rings. The van der Waals surface area contributed by atoms with Crippen LogP contribution < -0.4 is 4.74 Å². The summed E-state index contributed by atoms with van der Waals surface area (Å²) in [5.74, 6) is -0.883. The van der Waals surface area contributed by atoms with Gasteiger partial charge in [0.1, 0.15) is 5.75 Å². The fraction of sp³-hybridized carbons (Fsp3) is 0.217. The van der Waals surface area contributed by atoms with Crippen LogP contribution in [0.2, 0.25) is 0 Å². The van der Waals surface area contributed by atoms with Crippen LogP contribution in [0.25, 0.3) is 5.69 Å². The van der Waals surface area contributed by atoms with Crippen LogP contribution in [-0.4, -0.2) is 27.4 Å². The van der Waals surface area contributed by atoms with Crippen LogP contribution in [0.4, 0.5) is 0 Å². The van der Waals surface area contributed by atoms with E-state index in [-0.39, 0.29) is 17.3 Å². The van der Waals surface area contributed by atoms with Crippen molar-refractivity contribution in [3.8, 4) is 11.4 Å². The van der Waals surface area contributed by atoms with Gasteiger partial charge in [-0.3, -0.25) is 19.5 Å². The largest absolute Gasteiger partial charge is 0.497 e. The highest BCUT2D eigenvalue weighted by atomic mass is 16.6. The molecule has 0 saturated carbocycles. The lowest BCUT2D eigenvalue weighted by atomic mass is 9.79. The molecule has 3 rings (SSSR count). The highest BCUT2D eigenvalue weighted by Crippen LogP contribution is 2.36. The van der Waals surface area contributed by atoms with E-state index in [2.05, 4.69) is 11.6 Å². The Balaban J connectivity index is 2.04. The fourth-order valence-corrected chi connectivity index (χ4v) is 3.60. The molecule has 7 heteroatoms. The predicted molar refractivity (Wildman–Crippen MR) is 114 cm³/mol. The Bertz CT molecular complexity index is 1040. The summed E-state index contributed by atoms with van der Waals surface area (Å²) in [6.07, 6.45) is 3.65. The standard InChI is InChI=1S/C23H23N3O4/c1-4-20(21(16(2)26(28)29)17-10-12-19(30-3)13-11-17)22(27)23-24-14-15-25(23)18-8-6-5-7-9-18/h5-15,20-21H,2,4H2,1,3H3/t20-,21-/m0/s1. The van der Waals surface area contributed by atoms with Crippen molar-refractivity contribution >= 4 is 5.78 Å². The first-order valence-corrected chi connectivity index (χ1v) is 9.58. The van der Waals surface area contributed by atoms with E-state index in [0.717, 1.165) is 5.69 Å². The summed E-state index contributed by atoms with van der Waals surface area (Å²) in [7, 11) is 1.55. The number of ketones is 1. The number of para-hydroxylation sites is 1. The number of imidazole rings is 1. The molecule has 0 saturated heterocycles. The number of benzene rings is 2. The first-order valence-electron chi connectivity index (χ1n) is 9.58. The van der Waals surface area contributed by atoms with Gasteiger partial charge in [-0.25, -0.2) is 4.98 Å². The van der Waals surface area contributed by atoms with Crippen LogP contribution in [0, 0.1) is 16.0 Å². The number of Topliss-reactive ketones (excluding diaryl/α,β-unsaturated/α-hetero) is 1. The van der Waals surface area contributed by atoms with Gasteiger partial charge in [-0.15, -0.1) is 0 Å². The topological polar surface area (TPSA) is 87.3 Å². The quantitative estimate of drug-likeness (QED) is 0.293. The van der Waals surface area contributed by atoms with E-state index < -0.39 is 16.8 Å². The van der Waals surface area contributed by atoms with Gasteiger partial charge in [0.2, 0.25) is 11.5 Å². The zero-order chi connectivity index (χ0) is 21.7. The third-order valence-corrected chi connectivity index (χ3v) is 5.14. The lowest BCUT2D eigenvalue weighted by molar-refractivity contribution is -0.430. The summed E-state index contributed by atoms with van der Waals surface area (Å²) in [6.45, 7) is 5.51. The summed E-state index contributed by atoms with van der Waals surface area (Å²) >= 11 is 0. The number of nitrogens with zero attached hydrogens (tertiary/aromatic N) is 3. The summed E-state index contributed by atoms with van der Waals surface area (Å²) in [4.78, 5) is 28.9. The van der Waals surface area contributed by atoms with Crippen LogP contribution in [0.5, 0.6) is 5.75 Å². The first-order chi connectivity index (χ1) is 14.5. The molecule has 0 N–H and O–H groups in total. The normalized spacial score (nSPS) is 12.7. The zero-order valence-electron chi connectivity index (χ0n) is 16.9. The number of allylic oxidation sites excluding steroid dienone is 1. The summed E-state index contributed by atoms with van der Waals surface area (Å²) in [6, 6.07) is 16.3. The number of hydrogen-bond donors (Lipinski definition) is 0. The van der Waals surface area contributed by atoms with E-state index in [0.29, 0.717) is 17.7 Å². The molecule has 1 heterocycles. The number of carbonyl (C=O) groups is 1. The number of ether oxygens (including phenoxy) is 1. The predicted octanol–water partition coefficient (Wildman–Crippen LogP) is 4.66.